The Kier molecular flexibility index (Phi) is 10.3. The summed E-state index contributed by atoms with van der Waals surface area (Å²) >= 11 is 0. The number of halogens is 9. The molecule has 47 heavy (non-hydrogen) atoms. The number of unbranched alkanes of at least 4 members (excludes halogenated alkanes) is 1. The third-order valence-electron chi connectivity index (χ3n) is 7.63. The van der Waals surface area contributed by atoms with Crippen molar-refractivity contribution >= 4 is 17.7 Å². The number of anilines is 2. The molecule has 0 aliphatic carbocycles. The zero-order valence-electron chi connectivity index (χ0n) is 25.8. The first-order valence-electron chi connectivity index (χ1n) is 14.9. The van der Waals surface area contributed by atoms with Crippen LogP contribution in [0.15, 0.2) is 36.4 Å². The number of aromatic nitrogens is 4. The van der Waals surface area contributed by atoms with E-state index >= 15 is 0 Å². The quantitative estimate of drug-likeness (QED) is 0.210. The first-order chi connectivity index (χ1) is 21.8. The van der Waals surface area contributed by atoms with Crippen LogP contribution in [0.2, 0.25) is 0 Å². The number of hydrogen-bond acceptors (Lipinski definition) is 6. The maximum atomic E-state index is 14.0. The number of hydrogen-bond donors (Lipinski definition) is 0. The molecule has 2 atom stereocenters. The van der Waals surface area contributed by atoms with Crippen LogP contribution in [0.3, 0.4) is 0 Å². The molecule has 4 rings (SSSR count). The molecule has 1 amide bonds. The van der Waals surface area contributed by atoms with Gasteiger partial charge in [0.2, 0.25) is 0 Å². The fourth-order valence-electron chi connectivity index (χ4n) is 5.43. The van der Waals surface area contributed by atoms with Gasteiger partial charge in [0, 0.05) is 12.6 Å². The number of carbonyl (C=O) groups is 1. The molecule has 0 fully saturated rings. The van der Waals surface area contributed by atoms with E-state index in [1.807, 2.05) is 6.92 Å². The highest BCUT2D eigenvalue weighted by atomic mass is 19.4. The number of carbonyl (C=O) groups excluding carboxylic acids is 1. The van der Waals surface area contributed by atoms with E-state index in [4.69, 9.17) is 4.74 Å². The number of nitrogens with zero attached hydrogens (tertiary/aromatic N) is 6. The van der Waals surface area contributed by atoms with Crippen molar-refractivity contribution < 1.29 is 49.0 Å². The predicted molar refractivity (Wildman–Crippen MR) is 152 cm³/mol. The van der Waals surface area contributed by atoms with E-state index in [2.05, 4.69) is 15.4 Å². The van der Waals surface area contributed by atoms with Crippen LogP contribution in [0.25, 0.3) is 0 Å². The molecule has 0 unspecified atom stereocenters. The van der Waals surface area contributed by atoms with Crippen molar-refractivity contribution in [1.82, 2.24) is 20.2 Å². The fraction of sp³-hybridized carbons (Fsp3) is 0.533. The number of tetrazole rings is 1. The highest BCUT2D eigenvalue weighted by Crippen LogP contribution is 2.46. The number of ether oxygens (including phenoxy) is 1. The fourth-order valence-corrected chi connectivity index (χ4v) is 5.43. The van der Waals surface area contributed by atoms with Crippen LogP contribution in [0.4, 0.5) is 55.9 Å². The number of benzene rings is 2. The molecule has 258 valence electrons. The van der Waals surface area contributed by atoms with Crippen molar-refractivity contribution in [1.29, 1.82) is 0 Å². The molecule has 0 saturated heterocycles. The molecule has 0 N–H and O–H groups in total. The summed E-state index contributed by atoms with van der Waals surface area (Å²) in [6, 6.07) is 1.94. The maximum absolute atomic E-state index is 14.0. The van der Waals surface area contributed by atoms with Crippen molar-refractivity contribution in [3.05, 3.63) is 64.2 Å². The standard InChI is InChI=1S/C30H33F9N6O2/c1-5-7-10-44-41-26(40-42-44)43(16-18-11-20(29(34,35)36)13-21(12-18)30(37,38)39)25-15-22(6-2)45(27(46)47-17(3)4)24-9-8-19(14-23(24)25)28(31,32)33/h8-9,11-14,17,22,25H,5-7,10,15-16H2,1-4H3/t22-,25+/m1/s1. The second-order valence-electron chi connectivity index (χ2n) is 11.5. The Hall–Kier alpha value is -4.05. The van der Waals surface area contributed by atoms with Crippen molar-refractivity contribution in [2.75, 3.05) is 9.80 Å². The average Bonchev–Trinajstić information content (AvgIpc) is 3.44. The molecule has 0 saturated carbocycles. The molecular weight excluding hydrogens is 647 g/mol. The van der Waals surface area contributed by atoms with Gasteiger partial charge in [0.1, 0.15) is 0 Å². The predicted octanol–water partition coefficient (Wildman–Crippen LogP) is 8.81. The largest absolute Gasteiger partial charge is 0.446 e. The third kappa shape index (κ3) is 8.27. The molecule has 17 heteroatoms. The molecule has 1 aromatic heterocycles. The third-order valence-corrected chi connectivity index (χ3v) is 7.63. The number of amides is 1. The van der Waals surface area contributed by atoms with E-state index < -0.39 is 71.6 Å². The summed E-state index contributed by atoms with van der Waals surface area (Å²) in [5, 5.41) is 12.3. The number of aryl methyl sites for hydroxylation is 1. The van der Waals surface area contributed by atoms with E-state index in [0.717, 1.165) is 24.6 Å². The molecule has 2 heterocycles. The topological polar surface area (TPSA) is 76.4 Å². The van der Waals surface area contributed by atoms with E-state index in [9.17, 15) is 44.3 Å². The van der Waals surface area contributed by atoms with Crippen LogP contribution in [0, 0.1) is 0 Å². The normalized spacial score (nSPS) is 17.2. The van der Waals surface area contributed by atoms with Gasteiger partial charge in [-0.2, -0.15) is 44.3 Å². The van der Waals surface area contributed by atoms with Gasteiger partial charge in [0.25, 0.3) is 5.95 Å². The summed E-state index contributed by atoms with van der Waals surface area (Å²) < 4.78 is 130. The zero-order chi connectivity index (χ0) is 34.9. The molecule has 2 aromatic carbocycles. The van der Waals surface area contributed by atoms with Gasteiger partial charge in [-0.25, -0.2) is 4.79 Å². The number of alkyl halides is 9. The lowest BCUT2D eigenvalue weighted by Gasteiger charge is -2.44. The minimum absolute atomic E-state index is 0.00996. The Morgan fingerprint density at radius 2 is 1.55 bits per heavy atom. The lowest BCUT2D eigenvalue weighted by molar-refractivity contribution is -0.143. The Morgan fingerprint density at radius 1 is 0.936 bits per heavy atom. The first-order valence-corrected chi connectivity index (χ1v) is 14.9. The minimum atomic E-state index is -5.13. The number of rotatable bonds is 9. The zero-order valence-corrected chi connectivity index (χ0v) is 25.8. The minimum Gasteiger partial charge on any atom is -0.446 e. The molecule has 0 bridgehead atoms. The van der Waals surface area contributed by atoms with Crippen molar-refractivity contribution in [2.45, 2.75) is 103 Å². The molecule has 8 nitrogen and oxygen atoms in total. The van der Waals surface area contributed by atoms with E-state index in [0.29, 0.717) is 18.6 Å². The highest BCUT2D eigenvalue weighted by molar-refractivity contribution is 5.90. The van der Waals surface area contributed by atoms with Crippen LogP contribution in [0.5, 0.6) is 0 Å². The number of fused-ring (bicyclic) bond motifs is 1. The summed E-state index contributed by atoms with van der Waals surface area (Å²) in [5.74, 6) is -0.228. The van der Waals surface area contributed by atoms with Crippen molar-refractivity contribution in [2.24, 2.45) is 0 Å². The van der Waals surface area contributed by atoms with Crippen LogP contribution in [-0.2, 0) is 36.4 Å². The van der Waals surface area contributed by atoms with Crippen LogP contribution < -0.4 is 9.80 Å². The van der Waals surface area contributed by atoms with Gasteiger partial charge in [0.15, 0.2) is 0 Å². The Morgan fingerprint density at radius 3 is 2.09 bits per heavy atom. The van der Waals surface area contributed by atoms with E-state index in [1.165, 1.54) is 14.6 Å². The summed E-state index contributed by atoms with van der Waals surface area (Å²) in [7, 11) is 0. The summed E-state index contributed by atoms with van der Waals surface area (Å²) in [6.45, 7) is 6.43. The van der Waals surface area contributed by atoms with Gasteiger partial charge < -0.3 is 9.64 Å². The summed E-state index contributed by atoms with van der Waals surface area (Å²) in [4.78, 5) is 16.9. The van der Waals surface area contributed by atoms with E-state index in [1.54, 1.807) is 20.8 Å². The monoisotopic (exact) mass is 680 g/mol. The maximum Gasteiger partial charge on any atom is 0.416 e. The molecule has 1 aliphatic heterocycles. The van der Waals surface area contributed by atoms with Crippen LogP contribution in [0.1, 0.15) is 87.2 Å². The van der Waals surface area contributed by atoms with Crippen LogP contribution >= 0.6 is 0 Å². The molecule has 0 spiro atoms. The Labute approximate surface area is 264 Å². The molecule has 0 radical (unpaired) electrons. The molecule has 3 aromatic rings. The van der Waals surface area contributed by atoms with Crippen molar-refractivity contribution in [3.63, 3.8) is 0 Å². The smallest absolute Gasteiger partial charge is 0.416 e. The van der Waals surface area contributed by atoms with Gasteiger partial charge in [0.05, 0.1) is 41.1 Å². The summed E-state index contributed by atoms with van der Waals surface area (Å²) in [5.41, 5.74) is -4.67. The SMILES string of the molecule is CCCCn1nnc(N(Cc2cc(C(F)(F)F)cc(C(F)(F)F)c2)[C@H]2C[C@@H](CC)N(C(=O)OC(C)C)c3ccc(C(F)(F)F)cc32)n1. The highest BCUT2D eigenvalue weighted by Gasteiger charge is 2.43. The Balaban J connectivity index is 1.94. The van der Waals surface area contributed by atoms with E-state index in [-0.39, 0.29) is 42.7 Å². The van der Waals surface area contributed by atoms with Gasteiger partial charge in [-0.1, -0.05) is 25.4 Å². The van der Waals surface area contributed by atoms with Gasteiger partial charge in [-0.15, -0.1) is 5.10 Å². The van der Waals surface area contributed by atoms with Gasteiger partial charge >= 0.3 is 24.6 Å². The first kappa shape index (κ1) is 35.8. The second kappa shape index (κ2) is 13.6. The second-order valence-corrected chi connectivity index (χ2v) is 11.5. The molecular formula is C30H33F9N6O2. The summed E-state index contributed by atoms with van der Waals surface area (Å²) in [6.07, 6.45) is -14.9. The average molecular weight is 681 g/mol. The van der Waals surface area contributed by atoms with Gasteiger partial charge in [-0.05, 0) is 85.8 Å². The lowest BCUT2D eigenvalue weighted by atomic mass is 9.87. The molecule has 1 aliphatic rings. The Bertz CT molecular complexity index is 1520. The van der Waals surface area contributed by atoms with Crippen molar-refractivity contribution in [3.8, 4) is 0 Å². The lowest BCUT2D eigenvalue weighted by Crippen LogP contribution is -2.48. The van der Waals surface area contributed by atoms with Crippen LogP contribution in [-0.4, -0.2) is 38.4 Å². The van der Waals surface area contributed by atoms with Gasteiger partial charge in [-0.3, -0.25) is 4.90 Å².